The molecule has 4 rings (SSSR count). The molecule has 8 heteroatoms. The van der Waals surface area contributed by atoms with E-state index >= 15 is 0 Å². The first-order valence-electron chi connectivity index (χ1n) is 13.5. The maximum absolute atomic E-state index is 13.8. The lowest BCUT2D eigenvalue weighted by molar-refractivity contribution is 0.0600. The van der Waals surface area contributed by atoms with E-state index < -0.39 is 11.6 Å². The summed E-state index contributed by atoms with van der Waals surface area (Å²) < 4.78 is 32.1. The highest BCUT2D eigenvalue weighted by Gasteiger charge is 2.58. The number of carbonyl (C=O) groups excluding carboxylic acids is 2. The Kier molecular flexibility index (Phi) is 8.40. The lowest BCUT2D eigenvalue weighted by Crippen LogP contribution is -2.50. The zero-order chi connectivity index (χ0) is 27.6. The van der Waals surface area contributed by atoms with E-state index in [1.165, 1.54) is 13.2 Å². The molecule has 0 aromatic heterocycles. The molecule has 38 heavy (non-hydrogen) atoms. The van der Waals surface area contributed by atoms with Crippen molar-refractivity contribution < 1.29 is 23.1 Å². The van der Waals surface area contributed by atoms with Gasteiger partial charge in [0, 0.05) is 43.0 Å². The summed E-state index contributed by atoms with van der Waals surface area (Å²) in [6.07, 6.45) is 3.63. The van der Waals surface area contributed by atoms with Crippen molar-refractivity contribution >= 4 is 17.7 Å². The van der Waals surface area contributed by atoms with Crippen LogP contribution in [-0.2, 0) is 10.2 Å². The summed E-state index contributed by atoms with van der Waals surface area (Å²) >= 11 is 0. The van der Waals surface area contributed by atoms with E-state index in [4.69, 9.17) is 4.74 Å². The van der Waals surface area contributed by atoms with Gasteiger partial charge in [-0.25, -0.2) is 18.4 Å². The highest BCUT2D eigenvalue weighted by Crippen LogP contribution is 2.63. The number of benzene rings is 2. The highest BCUT2D eigenvalue weighted by molar-refractivity contribution is 5.90. The highest BCUT2D eigenvalue weighted by atomic mass is 19.2. The fourth-order valence-electron chi connectivity index (χ4n) is 6.28. The summed E-state index contributed by atoms with van der Waals surface area (Å²) in [6, 6.07) is 11.5. The third-order valence-electron chi connectivity index (χ3n) is 8.37. The van der Waals surface area contributed by atoms with Crippen LogP contribution in [0, 0.1) is 17.6 Å². The number of rotatable bonds is 9. The summed E-state index contributed by atoms with van der Waals surface area (Å²) in [5.41, 5.74) is 1.99. The van der Waals surface area contributed by atoms with Gasteiger partial charge in [0.1, 0.15) is 0 Å². The molecule has 2 aromatic rings. The van der Waals surface area contributed by atoms with Crippen LogP contribution in [0.1, 0.15) is 69.3 Å². The van der Waals surface area contributed by atoms with Crippen LogP contribution < -0.4 is 5.32 Å². The van der Waals surface area contributed by atoms with Gasteiger partial charge in [0.05, 0.1) is 12.7 Å². The number of urea groups is 1. The van der Waals surface area contributed by atoms with Gasteiger partial charge in [-0.05, 0) is 94.5 Å². The molecule has 2 fully saturated rings. The second kappa shape index (κ2) is 11.4. The van der Waals surface area contributed by atoms with E-state index in [1.54, 1.807) is 6.07 Å². The summed E-state index contributed by atoms with van der Waals surface area (Å²) in [6.45, 7) is 9.84. The van der Waals surface area contributed by atoms with Gasteiger partial charge >= 0.3 is 12.0 Å². The molecular formula is C30H39F2N3O3. The summed E-state index contributed by atoms with van der Waals surface area (Å²) in [7, 11) is 1.39. The number of anilines is 1. The number of fused-ring (bicyclic) bond motifs is 1. The van der Waals surface area contributed by atoms with Crippen molar-refractivity contribution in [2.45, 2.75) is 76.9 Å². The monoisotopic (exact) mass is 527 g/mol. The minimum Gasteiger partial charge on any atom is -0.465 e. The Bertz CT molecular complexity index is 1160. The van der Waals surface area contributed by atoms with Crippen LogP contribution >= 0.6 is 0 Å². The van der Waals surface area contributed by atoms with Crippen molar-refractivity contribution in [3.05, 3.63) is 65.2 Å². The molecule has 2 aliphatic rings. The van der Waals surface area contributed by atoms with Crippen LogP contribution in [0.3, 0.4) is 0 Å². The molecule has 0 spiro atoms. The molecule has 0 radical (unpaired) electrons. The number of halogens is 2. The van der Waals surface area contributed by atoms with E-state index in [-0.39, 0.29) is 29.1 Å². The van der Waals surface area contributed by atoms with Crippen LogP contribution in [0.5, 0.6) is 0 Å². The van der Waals surface area contributed by atoms with Crippen molar-refractivity contribution in [1.29, 1.82) is 0 Å². The molecule has 2 saturated carbocycles. The quantitative estimate of drug-likeness (QED) is 0.394. The second-order valence-corrected chi connectivity index (χ2v) is 11.2. The minimum atomic E-state index is -0.991. The van der Waals surface area contributed by atoms with Crippen molar-refractivity contribution in [3.8, 4) is 0 Å². The van der Waals surface area contributed by atoms with Crippen molar-refractivity contribution in [2.75, 3.05) is 25.5 Å². The molecule has 6 nitrogen and oxygen atoms in total. The third kappa shape index (κ3) is 5.85. The van der Waals surface area contributed by atoms with E-state index in [9.17, 15) is 18.4 Å². The van der Waals surface area contributed by atoms with Gasteiger partial charge in [-0.15, -0.1) is 0 Å². The zero-order valence-corrected chi connectivity index (χ0v) is 23.0. The van der Waals surface area contributed by atoms with Crippen LogP contribution in [0.25, 0.3) is 0 Å². The Morgan fingerprint density at radius 3 is 2.42 bits per heavy atom. The van der Waals surface area contributed by atoms with Gasteiger partial charge in [0.15, 0.2) is 11.6 Å². The molecule has 2 amide bonds. The van der Waals surface area contributed by atoms with Crippen molar-refractivity contribution in [2.24, 2.45) is 5.92 Å². The minimum absolute atomic E-state index is 0.0324. The molecule has 1 N–H and O–H groups in total. The number of methoxy groups -OCH3 is 1. The van der Waals surface area contributed by atoms with Gasteiger partial charge in [-0.3, -0.25) is 4.90 Å². The molecule has 2 aromatic carbocycles. The topological polar surface area (TPSA) is 61.9 Å². The smallest absolute Gasteiger partial charge is 0.337 e. The fraction of sp³-hybridized carbons (Fsp3) is 0.533. The Balaban J connectivity index is 1.51. The van der Waals surface area contributed by atoms with Gasteiger partial charge in [0.2, 0.25) is 0 Å². The molecule has 0 heterocycles. The van der Waals surface area contributed by atoms with Crippen LogP contribution in [-0.4, -0.2) is 60.1 Å². The number of hydrogen-bond donors (Lipinski definition) is 1. The number of nitrogens with zero attached hydrogens (tertiary/aromatic N) is 2. The average Bonchev–Trinajstić information content (AvgIpc) is 3.63. The fourth-order valence-corrected chi connectivity index (χ4v) is 6.28. The lowest BCUT2D eigenvalue weighted by Gasteiger charge is -2.39. The first kappa shape index (κ1) is 28.0. The number of ether oxygens (including phenoxy) is 1. The molecule has 3 atom stereocenters. The molecule has 0 bridgehead atoms. The summed E-state index contributed by atoms with van der Waals surface area (Å²) in [5, 5.41) is 2.80. The molecule has 206 valence electrons. The van der Waals surface area contributed by atoms with Crippen LogP contribution in [0.4, 0.5) is 19.3 Å². The SMILES string of the molecule is COC(=O)c1cccc([C@]23CCC(N(CCN(C(C)C)C(C)C)C(=O)Nc4ccc(F)c(F)c4)CC2C3)c1. The Hall–Kier alpha value is -3.00. The standard InChI is InChI=1S/C30H39F2N3O3/c1-19(2)34(20(3)4)13-14-35(29(37)33-24-9-10-26(31)27(32)17-24)25-11-12-30(18-23(30)16-25)22-8-6-7-21(15-22)28(36)38-5/h6-10,15,17,19-20,23,25H,11-14,16,18H2,1-5H3,(H,33,37)/t23?,25?,30-/m1/s1. The number of hydrogen-bond acceptors (Lipinski definition) is 4. The maximum Gasteiger partial charge on any atom is 0.337 e. The predicted octanol–water partition coefficient (Wildman–Crippen LogP) is 6.21. The number of carbonyl (C=O) groups is 2. The number of amides is 2. The Labute approximate surface area is 224 Å². The molecule has 0 aliphatic heterocycles. The normalized spacial score (nSPS) is 22.4. The van der Waals surface area contributed by atoms with E-state index in [2.05, 4.69) is 44.0 Å². The third-order valence-corrected chi connectivity index (χ3v) is 8.37. The van der Waals surface area contributed by atoms with E-state index in [0.717, 1.165) is 43.4 Å². The van der Waals surface area contributed by atoms with E-state index in [1.807, 2.05) is 17.0 Å². The number of nitrogens with one attached hydrogen (secondary N) is 1. The lowest BCUT2D eigenvalue weighted by atomic mass is 9.80. The molecular weight excluding hydrogens is 488 g/mol. The predicted molar refractivity (Wildman–Crippen MR) is 144 cm³/mol. The van der Waals surface area contributed by atoms with Crippen LogP contribution in [0.2, 0.25) is 0 Å². The first-order chi connectivity index (χ1) is 18.1. The molecule has 2 unspecified atom stereocenters. The van der Waals surface area contributed by atoms with Gasteiger partial charge in [-0.1, -0.05) is 12.1 Å². The zero-order valence-electron chi connectivity index (χ0n) is 23.0. The Morgan fingerprint density at radius 1 is 1.05 bits per heavy atom. The first-order valence-corrected chi connectivity index (χ1v) is 13.5. The number of esters is 1. The maximum atomic E-state index is 13.8. The van der Waals surface area contributed by atoms with E-state index in [0.29, 0.717) is 36.7 Å². The van der Waals surface area contributed by atoms with Gasteiger partial charge in [-0.2, -0.15) is 0 Å². The molecule has 0 saturated heterocycles. The van der Waals surface area contributed by atoms with Crippen molar-refractivity contribution in [3.63, 3.8) is 0 Å². The largest absolute Gasteiger partial charge is 0.465 e. The Morgan fingerprint density at radius 2 is 1.79 bits per heavy atom. The van der Waals surface area contributed by atoms with Gasteiger partial charge < -0.3 is 15.0 Å². The summed E-state index contributed by atoms with van der Waals surface area (Å²) in [5.74, 6) is -1.86. The summed E-state index contributed by atoms with van der Waals surface area (Å²) in [4.78, 5) is 29.8. The molecule has 2 aliphatic carbocycles. The van der Waals surface area contributed by atoms with Crippen LogP contribution in [0.15, 0.2) is 42.5 Å². The van der Waals surface area contributed by atoms with Gasteiger partial charge in [0.25, 0.3) is 0 Å². The van der Waals surface area contributed by atoms with Crippen molar-refractivity contribution in [1.82, 2.24) is 9.80 Å². The second-order valence-electron chi connectivity index (χ2n) is 11.2. The average molecular weight is 528 g/mol.